The number of ether oxygens (including phenoxy) is 3. The molecule has 1 aromatic carbocycles. The van der Waals surface area contributed by atoms with Crippen LogP contribution in [-0.4, -0.2) is 61.0 Å². The number of amides is 1. The summed E-state index contributed by atoms with van der Waals surface area (Å²) in [7, 11) is 1.54. The molecule has 1 amide bonds. The Hall–Kier alpha value is -2.19. The zero-order valence-electron chi connectivity index (χ0n) is 19.9. The molecule has 0 bridgehead atoms. The van der Waals surface area contributed by atoms with Crippen molar-refractivity contribution in [3.8, 4) is 5.75 Å². The lowest BCUT2D eigenvalue weighted by molar-refractivity contribution is -0.145. The molecule has 8 heteroatoms. The van der Waals surface area contributed by atoms with Crippen LogP contribution in [0.2, 0.25) is 5.15 Å². The first-order chi connectivity index (χ1) is 15.6. The van der Waals surface area contributed by atoms with Gasteiger partial charge in [-0.25, -0.2) is 4.98 Å². The number of aromatic nitrogens is 1. The lowest BCUT2D eigenvalue weighted by Crippen LogP contribution is -2.66. The SMILES string of the molecule is COc1cc(Cl)ncc1NC(=O)C1(c2ccccc2C(C)C)CN(CC2COC(C)(C)O2)C1. The summed E-state index contributed by atoms with van der Waals surface area (Å²) in [6.07, 6.45) is 1.52. The minimum Gasteiger partial charge on any atom is -0.494 e. The highest BCUT2D eigenvalue weighted by molar-refractivity contribution is 6.29. The van der Waals surface area contributed by atoms with E-state index in [1.807, 2.05) is 26.0 Å². The molecule has 0 saturated carbocycles. The van der Waals surface area contributed by atoms with E-state index in [2.05, 4.69) is 41.2 Å². The number of nitrogens with one attached hydrogen (secondary N) is 1. The Morgan fingerprint density at radius 1 is 1.33 bits per heavy atom. The fourth-order valence-corrected chi connectivity index (χ4v) is 4.93. The first-order valence-corrected chi connectivity index (χ1v) is 11.7. The van der Waals surface area contributed by atoms with Gasteiger partial charge in [0.25, 0.3) is 0 Å². The number of nitrogens with zero attached hydrogens (tertiary/aromatic N) is 2. The van der Waals surface area contributed by atoms with Gasteiger partial charge in [-0.2, -0.15) is 0 Å². The first kappa shape index (κ1) is 24.0. The van der Waals surface area contributed by atoms with Crippen LogP contribution in [0.25, 0.3) is 0 Å². The van der Waals surface area contributed by atoms with Gasteiger partial charge in [0.2, 0.25) is 5.91 Å². The third kappa shape index (κ3) is 4.87. The lowest BCUT2D eigenvalue weighted by Gasteiger charge is -2.50. The molecule has 33 heavy (non-hydrogen) atoms. The lowest BCUT2D eigenvalue weighted by atomic mass is 9.69. The maximum Gasteiger partial charge on any atom is 0.237 e. The maximum atomic E-state index is 13.8. The third-order valence-corrected chi connectivity index (χ3v) is 6.56. The van der Waals surface area contributed by atoms with Crippen LogP contribution in [0.15, 0.2) is 36.5 Å². The zero-order valence-corrected chi connectivity index (χ0v) is 20.6. The number of anilines is 1. The van der Waals surface area contributed by atoms with Crippen LogP contribution >= 0.6 is 11.6 Å². The minimum atomic E-state index is -0.694. The Labute approximate surface area is 200 Å². The van der Waals surface area contributed by atoms with Gasteiger partial charge >= 0.3 is 0 Å². The molecule has 0 radical (unpaired) electrons. The number of benzene rings is 1. The molecule has 1 N–H and O–H groups in total. The van der Waals surface area contributed by atoms with Crippen molar-refractivity contribution in [2.75, 3.05) is 38.7 Å². The second kappa shape index (κ2) is 9.22. The maximum absolute atomic E-state index is 13.8. The first-order valence-electron chi connectivity index (χ1n) is 11.3. The average molecular weight is 474 g/mol. The van der Waals surface area contributed by atoms with E-state index in [1.54, 1.807) is 13.2 Å². The molecular weight excluding hydrogens is 442 g/mol. The molecule has 0 spiro atoms. The molecule has 4 rings (SSSR count). The van der Waals surface area contributed by atoms with E-state index in [-0.39, 0.29) is 12.0 Å². The normalized spacial score (nSPS) is 21.6. The van der Waals surface area contributed by atoms with Crippen molar-refractivity contribution in [2.45, 2.75) is 50.9 Å². The van der Waals surface area contributed by atoms with Crippen LogP contribution in [0.5, 0.6) is 5.75 Å². The number of pyridine rings is 1. The predicted octanol–water partition coefficient (Wildman–Crippen LogP) is 4.21. The van der Waals surface area contributed by atoms with E-state index in [4.69, 9.17) is 25.8 Å². The Morgan fingerprint density at radius 2 is 2.06 bits per heavy atom. The van der Waals surface area contributed by atoms with E-state index < -0.39 is 11.2 Å². The summed E-state index contributed by atoms with van der Waals surface area (Å²) < 4.78 is 17.1. The zero-order chi connectivity index (χ0) is 23.8. The van der Waals surface area contributed by atoms with E-state index in [1.165, 1.54) is 11.8 Å². The van der Waals surface area contributed by atoms with Gasteiger partial charge in [0.15, 0.2) is 5.79 Å². The molecule has 178 valence electrons. The predicted molar refractivity (Wildman–Crippen MR) is 128 cm³/mol. The highest BCUT2D eigenvalue weighted by atomic mass is 35.5. The summed E-state index contributed by atoms with van der Waals surface area (Å²) >= 11 is 6.00. The van der Waals surface area contributed by atoms with Crippen molar-refractivity contribution in [3.05, 3.63) is 52.8 Å². The number of carbonyl (C=O) groups is 1. The number of halogens is 1. The molecular formula is C25H32ClN3O4. The van der Waals surface area contributed by atoms with Crippen LogP contribution in [0, 0.1) is 0 Å². The molecule has 3 heterocycles. The van der Waals surface area contributed by atoms with Gasteiger partial charge in [0, 0.05) is 25.7 Å². The highest BCUT2D eigenvalue weighted by Gasteiger charge is 2.52. The molecule has 2 aliphatic heterocycles. The number of rotatable bonds is 7. The second-order valence-electron chi connectivity index (χ2n) is 9.61. The van der Waals surface area contributed by atoms with Crippen molar-refractivity contribution in [1.29, 1.82) is 0 Å². The van der Waals surface area contributed by atoms with Gasteiger partial charge in [-0.1, -0.05) is 49.7 Å². The molecule has 1 unspecified atom stereocenters. The van der Waals surface area contributed by atoms with Gasteiger partial charge in [-0.05, 0) is 30.9 Å². The Bertz CT molecular complexity index is 1020. The topological polar surface area (TPSA) is 72.9 Å². The van der Waals surface area contributed by atoms with Crippen LogP contribution in [0.1, 0.15) is 44.7 Å². The molecule has 2 aromatic rings. The summed E-state index contributed by atoms with van der Waals surface area (Å²) in [6, 6.07) is 9.80. The van der Waals surface area contributed by atoms with Gasteiger partial charge in [-0.15, -0.1) is 0 Å². The quantitative estimate of drug-likeness (QED) is 0.607. The van der Waals surface area contributed by atoms with Gasteiger partial charge in [0.1, 0.15) is 16.6 Å². The summed E-state index contributed by atoms with van der Waals surface area (Å²) in [5.41, 5.74) is 2.04. The molecule has 2 aliphatic rings. The summed E-state index contributed by atoms with van der Waals surface area (Å²) in [4.78, 5) is 20.2. The van der Waals surface area contributed by atoms with Gasteiger partial charge in [0.05, 0.1) is 31.4 Å². The largest absolute Gasteiger partial charge is 0.494 e. The van der Waals surface area contributed by atoms with Crippen LogP contribution < -0.4 is 10.1 Å². The summed E-state index contributed by atoms with van der Waals surface area (Å²) in [5.74, 6) is 0.120. The van der Waals surface area contributed by atoms with E-state index in [9.17, 15) is 4.79 Å². The second-order valence-corrected chi connectivity index (χ2v) is 9.99. The fraction of sp³-hybridized carbons (Fsp3) is 0.520. The molecule has 2 saturated heterocycles. The fourth-order valence-electron chi connectivity index (χ4n) is 4.78. The number of hydrogen-bond acceptors (Lipinski definition) is 6. The Morgan fingerprint density at radius 3 is 2.70 bits per heavy atom. The number of hydrogen-bond donors (Lipinski definition) is 1. The average Bonchev–Trinajstić information content (AvgIpc) is 3.09. The Balaban J connectivity index is 1.60. The van der Waals surface area contributed by atoms with E-state index in [0.29, 0.717) is 48.7 Å². The molecule has 2 fully saturated rings. The number of likely N-dealkylation sites (tertiary alicyclic amines) is 1. The Kier molecular flexibility index (Phi) is 6.69. The van der Waals surface area contributed by atoms with Crippen molar-refractivity contribution in [3.63, 3.8) is 0 Å². The minimum absolute atomic E-state index is 0.0121. The monoisotopic (exact) mass is 473 g/mol. The third-order valence-electron chi connectivity index (χ3n) is 6.35. The molecule has 0 aliphatic carbocycles. The van der Waals surface area contributed by atoms with Crippen molar-refractivity contribution >= 4 is 23.2 Å². The van der Waals surface area contributed by atoms with E-state index in [0.717, 1.165) is 5.56 Å². The van der Waals surface area contributed by atoms with E-state index >= 15 is 0 Å². The van der Waals surface area contributed by atoms with Crippen molar-refractivity contribution in [2.24, 2.45) is 0 Å². The standard InChI is InChI=1S/C25H32ClN3O4/c1-16(2)18-8-6-7-9-19(18)25(14-29(15-25)12-17-13-32-24(3,4)33-17)23(30)28-20-11-27-22(26)10-21(20)31-5/h6-11,16-17H,12-15H2,1-5H3,(H,28,30). The van der Waals surface area contributed by atoms with Gasteiger partial charge < -0.3 is 19.5 Å². The van der Waals surface area contributed by atoms with Crippen LogP contribution in [0.4, 0.5) is 5.69 Å². The van der Waals surface area contributed by atoms with Crippen molar-refractivity contribution < 1.29 is 19.0 Å². The molecule has 1 atom stereocenters. The van der Waals surface area contributed by atoms with Crippen molar-refractivity contribution in [1.82, 2.24) is 9.88 Å². The number of methoxy groups -OCH3 is 1. The summed E-state index contributed by atoms with van der Waals surface area (Å²) in [6.45, 7) is 10.6. The molecule has 7 nitrogen and oxygen atoms in total. The molecule has 1 aromatic heterocycles. The number of carbonyl (C=O) groups excluding carboxylic acids is 1. The highest BCUT2D eigenvalue weighted by Crippen LogP contribution is 2.41. The van der Waals surface area contributed by atoms with Gasteiger partial charge in [-0.3, -0.25) is 9.69 Å². The van der Waals surface area contributed by atoms with Crippen LogP contribution in [0.3, 0.4) is 0 Å². The van der Waals surface area contributed by atoms with Crippen LogP contribution in [-0.2, 0) is 19.7 Å². The smallest absolute Gasteiger partial charge is 0.237 e. The summed E-state index contributed by atoms with van der Waals surface area (Å²) in [5, 5.41) is 3.36.